The van der Waals surface area contributed by atoms with Gasteiger partial charge in [0.2, 0.25) is 0 Å². The standard InChI is InChI=1S/C14H12N2S/c1-10-7-8-13(17-10)14-15-9-12(16-14)11-5-3-2-4-6-11/h2-9H,1H3,(H,15,16). The van der Waals surface area contributed by atoms with E-state index in [-0.39, 0.29) is 0 Å². The van der Waals surface area contributed by atoms with Gasteiger partial charge in [0, 0.05) is 4.88 Å². The molecule has 0 bridgehead atoms. The van der Waals surface area contributed by atoms with Gasteiger partial charge in [0.15, 0.2) is 0 Å². The lowest BCUT2D eigenvalue weighted by Gasteiger charge is -1.95. The third-order valence-corrected chi connectivity index (χ3v) is 3.64. The molecule has 0 aliphatic carbocycles. The zero-order valence-corrected chi connectivity index (χ0v) is 10.3. The molecule has 2 aromatic heterocycles. The first kappa shape index (κ1) is 10.3. The van der Waals surface area contributed by atoms with Crippen LogP contribution >= 0.6 is 11.3 Å². The second kappa shape index (κ2) is 4.18. The van der Waals surface area contributed by atoms with E-state index < -0.39 is 0 Å². The van der Waals surface area contributed by atoms with Gasteiger partial charge in [-0.1, -0.05) is 30.3 Å². The number of aromatic nitrogens is 2. The molecule has 17 heavy (non-hydrogen) atoms. The Bertz CT molecular complexity index is 622. The van der Waals surface area contributed by atoms with Crippen molar-refractivity contribution < 1.29 is 0 Å². The topological polar surface area (TPSA) is 28.7 Å². The molecule has 0 fully saturated rings. The summed E-state index contributed by atoms with van der Waals surface area (Å²) in [6, 6.07) is 14.5. The van der Waals surface area contributed by atoms with Gasteiger partial charge in [-0.05, 0) is 24.6 Å². The van der Waals surface area contributed by atoms with Gasteiger partial charge in [-0.25, -0.2) is 4.98 Å². The number of aromatic amines is 1. The Morgan fingerprint density at radius 3 is 2.59 bits per heavy atom. The minimum Gasteiger partial charge on any atom is -0.337 e. The van der Waals surface area contributed by atoms with Crippen LogP contribution in [0.5, 0.6) is 0 Å². The molecule has 1 N–H and O–H groups in total. The fraction of sp³-hybridized carbons (Fsp3) is 0.0714. The van der Waals surface area contributed by atoms with E-state index in [1.54, 1.807) is 11.3 Å². The number of nitrogens with zero attached hydrogens (tertiary/aromatic N) is 1. The van der Waals surface area contributed by atoms with E-state index in [1.165, 1.54) is 15.3 Å². The summed E-state index contributed by atoms with van der Waals surface area (Å²) in [5.74, 6) is 0.946. The molecule has 0 unspecified atom stereocenters. The summed E-state index contributed by atoms with van der Waals surface area (Å²) >= 11 is 1.76. The lowest BCUT2D eigenvalue weighted by Crippen LogP contribution is -1.77. The molecule has 0 spiro atoms. The molecule has 3 heteroatoms. The number of hydrogen-bond donors (Lipinski definition) is 1. The predicted octanol–water partition coefficient (Wildman–Crippen LogP) is 4.11. The first-order chi connectivity index (χ1) is 8.33. The maximum atomic E-state index is 4.43. The molecule has 2 heterocycles. The number of benzene rings is 1. The molecule has 0 saturated carbocycles. The Morgan fingerprint density at radius 1 is 1.06 bits per heavy atom. The predicted molar refractivity (Wildman–Crippen MR) is 72.1 cm³/mol. The first-order valence-corrected chi connectivity index (χ1v) is 6.32. The SMILES string of the molecule is Cc1ccc(-c2ncc(-c3ccccc3)[nH]2)s1. The molecule has 0 atom stereocenters. The molecule has 0 saturated heterocycles. The zero-order valence-electron chi connectivity index (χ0n) is 9.47. The van der Waals surface area contributed by atoms with Gasteiger partial charge in [0.1, 0.15) is 5.82 Å². The number of rotatable bonds is 2. The van der Waals surface area contributed by atoms with Crippen molar-refractivity contribution in [1.29, 1.82) is 0 Å². The van der Waals surface area contributed by atoms with Crippen LogP contribution in [0.25, 0.3) is 22.0 Å². The smallest absolute Gasteiger partial charge is 0.147 e. The summed E-state index contributed by atoms with van der Waals surface area (Å²) in [6.07, 6.45) is 1.89. The number of thiophene rings is 1. The van der Waals surface area contributed by atoms with E-state index in [0.717, 1.165) is 11.5 Å². The Hall–Kier alpha value is -1.87. The molecular formula is C14H12N2S. The Labute approximate surface area is 104 Å². The zero-order chi connectivity index (χ0) is 11.7. The van der Waals surface area contributed by atoms with E-state index >= 15 is 0 Å². The molecular weight excluding hydrogens is 228 g/mol. The van der Waals surface area contributed by atoms with Crippen LogP contribution in [0.4, 0.5) is 0 Å². The maximum Gasteiger partial charge on any atom is 0.147 e. The van der Waals surface area contributed by atoms with E-state index in [4.69, 9.17) is 0 Å². The van der Waals surface area contributed by atoms with Crippen molar-refractivity contribution in [1.82, 2.24) is 9.97 Å². The molecule has 84 valence electrons. The molecule has 1 aromatic carbocycles. The van der Waals surface area contributed by atoms with Gasteiger partial charge in [-0.15, -0.1) is 11.3 Å². The van der Waals surface area contributed by atoms with Gasteiger partial charge >= 0.3 is 0 Å². The summed E-state index contributed by atoms with van der Waals surface area (Å²) in [7, 11) is 0. The average Bonchev–Trinajstić information content (AvgIpc) is 2.98. The highest BCUT2D eigenvalue weighted by molar-refractivity contribution is 7.15. The monoisotopic (exact) mass is 240 g/mol. The molecule has 0 aliphatic rings. The Kier molecular flexibility index (Phi) is 2.53. The second-order valence-electron chi connectivity index (χ2n) is 3.92. The normalized spacial score (nSPS) is 10.6. The quantitative estimate of drug-likeness (QED) is 0.717. The van der Waals surface area contributed by atoms with Crippen molar-refractivity contribution in [3.8, 4) is 22.0 Å². The summed E-state index contributed by atoms with van der Waals surface area (Å²) in [6.45, 7) is 2.11. The van der Waals surface area contributed by atoms with Gasteiger partial charge in [-0.3, -0.25) is 0 Å². The molecule has 0 amide bonds. The van der Waals surface area contributed by atoms with Crippen LogP contribution in [0.1, 0.15) is 4.88 Å². The highest BCUT2D eigenvalue weighted by Gasteiger charge is 2.06. The summed E-state index contributed by atoms with van der Waals surface area (Å²) in [5, 5.41) is 0. The molecule has 2 nitrogen and oxygen atoms in total. The van der Waals surface area contributed by atoms with E-state index in [9.17, 15) is 0 Å². The first-order valence-electron chi connectivity index (χ1n) is 5.50. The Balaban J connectivity index is 1.99. The number of hydrogen-bond acceptors (Lipinski definition) is 2. The summed E-state index contributed by atoms with van der Waals surface area (Å²) in [4.78, 5) is 10.3. The third-order valence-electron chi connectivity index (χ3n) is 2.63. The van der Waals surface area contributed by atoms with Crippen molar-refractivity contribution in [2.45, 2.75) is 6.92 Å². The number of nitrogens with one attached hydrogen (secondary N) is 1. The average molecular weight is 240 g/mol. The van der Waals surface area contributed by atoms with Crippen molar-refractivity contribution in [3.05, 3.63) is 53.5 Å². The van der Waals surface area contributed by atoms with E-state index in [1.807, 2.05) is 24.4 Å². The molecule has 3 aromatic rings. The maximum absolute atomic E-state index is 4.43. The molecule has 0 aliphatic heterocycles. The highest BCUT2D eigenvalue weighted by Crippen LogP contribution is 2.27. The van der Waals surface area contributed by atoms with Gasteiger partial charge in [0.25, 0.3) is 0 Å². The van der Waals surface area contributed by atoms with Crippen LogP contribution in [-0.2, 0) is 0 Å². The number of aryl methyl sites for hydroxylation is 1. The Morgan fingerprint density at radius 2 is 1.88 bits per heavy atom. The van der Waals surface area contributed by atoms with E-state index in [0.29, 0.717) is 0 Å². The van der Waals surface area contributed by atoms with Gasteiger partial charge in [0.05, 0.1) is 16.8 Å². The lowest BCUT2D eigenvalue weighted by atomic mass is 10.2. The lowest BCUT2D eigenvalue weighted by molar-refractivity contribution is 1.33. The van der Waals surface area contributed by atoms with Crippen LogP contribution in [0.2, 0.25) is 0 Å². The third kappa shape index (κ3) is 2.01. The van der Waals surface area contributed by atoms with Crippen LogP contribution in [-0.4, -0.2) is 9.97 Å². The number of H-pyrrole nitrogens is 1. The summed E-state index contributed by atoms with van der Waals surface area (Å²) in [5.41, 5.74) is 2.23. The number of imidazole rings is 1. The fourth-order valence-corrected chi connectivity index (χ4v) is 2.59. The fourth-order valence-electron chi connectivity index (χ4n) is 1.77. The largest absolute Gasteiger partial charge is 0.337 e. The van der Waals surface area contributed by atoms with Crippen molar-refractivity contribution in [3.63, 3.8) is 0 Å². The van der Waals surface area contributed by atoms with Crippen molar-refractivity contribution in [2.75, 3.05) is 0 Å². The minimum absolute atomic E-state index is 0.946. The molecule has 3 rings (SSSR count). The van der Waals surface area contributed by atoms with Crippen molar-refractivity contribution in [2.24, 2.45) is 0 Å². The summed E-state index contributed by atoms with van der Waals surface area (Å²) < 4.78 is 0. The highest BCUT2D eigenvalue weighted by atomic mass is 32.1. The molecule has 0 radical (unpaired) electrons. The van der Waals surface area contributed by atoms with Gasteiger partial charge in [-0.2, -0.15) is 0 Å². The van der Waals surface area contributed by atoms with Gasteiger partial charge < -0.3 is 4.98 Å². The van der Waals surface area contributed by atoms with Crippen LogP contribution < -0.4 is 0 Å². The second-order valence-corrected chi connectivity index (χ2v) is 5.21. The van der Waals surface area contributed by atoms with Crippen LogP contribution in [0.3, 0.4) is 0 Å². The van der Waals surface area contributed by atoms with Crippen LogP contribution in [0.15, 0.2) is 48.7 Å². The van der Waals surface area contributed by atoms with E-state index in [2.05, 4.69) is 41.2 Å². The van der Waals surface area contributed by atoms with Crippen molar-refractivity contribution >= 4 is 11.3 Å². The minimum atomic E-state index is 0.946. The van der Waals surface area contributed by atoms with Crippen LogP contribution in [0, 0.1) is 6.92 Å².